The van der Waals surface area contributed by atoms with E-state index in [1.165, 1.54) is 29.2 Å². The second-order valence-electron chi connectivity index (χ2n) is 6.73. The first-order chi connectivity index (χ1) is 14.3. The molecule has 1 amide bonds. The Hall–Kier alpha value is -3.09. The van der Waals surface area contributed by atoms with Crippen LogP contribution >= 0.6 is 22.9 Å². The van der Waals surface area contributed by atoms with Crippen molar-refractivity contribution in [1.82, 2.24) is 19.6 Å². The summed E-state index contributed by atoms with van der Waals surface area (Å²) in [4.78, 5) is 37.8. The van der Waals surface area contributed by atoms with Gasteiger partial charge in [0.05, 0.1) is 21.5 Å². The maximum atomic E-state index is 13.0. The van der Waals surface area contributed by atoms with Crippen molar-refractivity contribution in [3.8, 4) is 0 Å². The summed E-state index contributed by atoms with van der Waals surface area (Å²) in [6.07, 6.45) is 2.57. The number of piperazine rings is 1. The standard InChI is InChI=1S/C17H15ClN6O5S/c18-15-13-2-1-11(23(26)27)7-14(13)30-16(15)17(25)21-5-3-20(4-6-21)10-22-9-12(8-19-22)24(28)29/h1-2,7-9H,3-6,10H2. The first-order valence-corrected chi connectivity index (χ1v) is 10.1. The Bertz CT molecular complexity index is 1150. The van der Waals surface area contributed by atoms with Crippen molar-refractivity contribution >= 4 is 50.3 Å². The number of halogens is 1. The average Bonchev–Trinajstić information content (AvgIpc) is 3.32. The van der Waals surface area contributed by atoms with Gasteiger partial charge in [-0.05, 0) is 6.07 Å². The molecule has 0 N–H and O–H groups in total. The van der Waals surface area contributed by atoms with Gasteiger partial charge in [-0.25, -0.2) is 0 Å². The third-order valence-corrected chi connectivity index (χ3v) is 6.50. The minimum Gasteiger partial charge on any atom is -0.335 e. The molecular weight excluding hydrogens is 436 g/mol. The van der Waals surface area contributed by atoms with Crippen LogP contribution in [0.25, 0.3) is 10.1 Å². The molecule has 13 heteroatoms. The summed E-state index contributed by atoms with van der Waals surface area (Å²) in [5.74, 6) is -0.210. The normalized spacial score (nSPS) is 14.9. The number of hydrogen-bond donors (Lipinski definition) is 0. The number of aromatic nitrogens is 2. The van der Waals surface area contributed by atoms with Crippen molar-refractivity contribution in [1.29, 1.82) is 0 Å². The van der Waals surface area contributed by atoms with Gasteiger partial charge >= 0.3 is 5.69 Å². The Morgan fingerprint density at radius 2 is 1.83 bits per heavy atom. The number of nitro benzene ring substituents is 1. The number of nitro groups is 2. The predicted molar refractivity (Wildman–Crippen MR) is 110 cm³/mol. The Kier molecular flexibility index (Phi) is 5.37. The maximum absolute atomic E-state index is 13.0. The minimum atomic E-state index is -0.497. The highest BCUT2D eigenvalue weighted by atomic mass is 35.5. The van der Waals surface area contributed by atoms with E-state index in [0.29, 0.717) is 52.8 Å². The van der Waals surface area contributed by atoms with Gasteiger partial charge in [0.1, 0.15) is 17.3 Å². The number of amides is 1. The number of thiophene rings is 1. The molecule has 1 aliphatic heterocycles. The predicted octanol–water partition coefficient (Wildman–Crippen LogP) is 2.98. The van der Waals surface area contributed by atoms with Gasteiger partial charge in [0.15, 0.2) is 0 Å². The zero-order valence-corrected chi connectivity index (χ0v) is 17.0. The van der Waals surface area contributed by atoms with Crippen molar-refractivity contribution in [2.45, 2.75) is 6.67 Å². The summed E-state index contributed by atoms with van der Waals surface area (Å²) in [5.41, 5.74) is -0.115. The summed E-state index contributed by atoms with van der Waals surface area (Å²) in [6.45, 7) is 2.48. The third-order valence-electron chi connectivity index (χ3n) is 4.85. The Labute approximate surface area is 178 Å². The van der Waals surface area contributed by atoms with Gasteiger partial charge in [-0.1, -0.05) is 11.6 Å². The summed E-state index contributed by atoms with van der Waals surface area (Å²) < 4.78 is 2.09. The van der Waals surface area contributed by atoms with Crippen molar-refractivity contribution in [2.24, 2.45) is 0 Å². The fourth-order valence-electron chi connectivity index (χ4n) is 3.27. The van der Waals surface area contributed by atoms with Crippen LogP contribution in [0.3, 0.4) is 0 Å². The Balaban J connectivity index is 1.43. The maximum Gasteiger partial charge on any atom is 0.307 e. The van der Waals surface area contributed by atoms with Gasteiger partial charge in [0.2, 0.25) is 0 Å². The molecule has 11 nitrogen and oxygen atoms in total. The molecule has 0 atom stereocenters. The molecular formula is C17H15ClN6O5S. The molecule has 2 aromatic heterocycles. The van der Waals surface area contributed by atoms with Gasteiger partial charge in [0.25, 0.3) is 11.6 Å². The van der Waals surface area contributed by atoms with Gasteiger partial charge in [-0.2, -0.15) is 5.10 Å². The second-order valence-corrected chi connectivity index (χ2v) is 8.16. The summed E-state index contributed by atoms with van der Waals surface area (Å²) in [6, 6.07) is 4.35. The topological polar surface area (TPSA) is 128 Å². The fourth-order valence-corrected chi connectivity index (χ4v) is 4.78. The van der Waals surface area contributed by atoms with E-state index in [-0.39, 0.29) is 17.3 Å². The van der Waals surface area contributed by atoms with Crippen LogP contribution in [0.15, 0.2) is 30.6 Å². The van der Waals surface area contributed by atoms with Gasteiger partial charge in [0, 0.05) is 48.4 Å². The van der Waals surface area contributed by atoms with Gasteiger partial charge in [-0.15, -0.1) is 11.3 Å². The second kappa shape index (κ2) is 7.97. The molecule has 156 valence electrons. The smallest absolute Gasteiger partial charge is 0.307 e. The number of fused-ring (bicyclic) bond motifs is 1. The number of carbonyl (C=O) groups is 1. The van der Waals surface area contributed by atoms with E-state index in [0.717, 1.165) is 11.3 Å². The van der Waals surface area contributed by atoms with E-state index in [9.17, 15) is 25.0 Å². The van der Waals surface area contributed by atoms with E-state index >= 15 is 0 Å². The lowest BCUT2D eigenvalue weighted by Crippen LogP contribution is -2.48. The van der Waals surface area contributed by atoms with E-state index in [1.807, 2.05) is 4.90 Å². The van der Waals surface area contributed by atoms with Crippen LogP contribution in [-0.2, 0) is 6.67 Å². The quantitative estimate of drug-likeness (QED) is 0.431. The van der Waals surface area contributed by atoms with Crippen LogP contribution in [0.2, 0.25) is 5.02 Å². The third kappa shape index (κ3) is 3.84. The number of hydrogen-bond acceptors (Lipinski definition) is 8. The molecule has 1 saturated heterocycles. The van der Waals surface area contributed by atoms with E-state index in [4.69, 9.17) is 11.6 Å². The average molecular weight is 451 g/mol. The molecule has 1 fully saturated rings. The van der Waals surface area contributed by atoms with E-state index < -0.39 is 9.85 Å². The van der Waals surface area contributed by atoms with E-state index in [1.54, 1.807) is 11.0 Å². The van der Waals surface area contributed by atoms with Crippen molar-refractivity contribution < 1.29 is 14.6 Å². The molecule has 0 unspecified atom stereocenters. The zero-order valence-electron chi connectivity index (χ0n) is 15.4. The highest BCUT2D eigenvalue weighted by molar-refractivity contribution is 7.21. The van der Waals surface area contributed by atoms with Crippen LogP contribution in [0.5, 0.6) is 0 Å². The number of rotatable bonds is 5. The van der Waals surface area contributed by atoms with Crippen LogP contribution < -0.4 is 0 Å². The summed E-state index contributed by atoms with van der Waals surface area (Å²) in [7, 11) is 0. The van der Waals surface area contributed by atoms with Crippen LogP contribution in [-0.4, -0.2) is 61.5 Å². The first-order valence-electron chi connectivity index (χ1n) is 8.88. The number of nitrogens with zero attached hydrogens (tertiary/aromatic N) is 6. The molecule has 1 aromatic carbocycles. The fraction of sp³-hybridized carbons (Fsp3) is 0.294. The van der Waals surface area contributed by atoms with Crippen molar-refractivity contribution in [2.75, 3.05) is 26.2 Å². The van der Waals surface area contributed by atoms with Crippen molar-refractivity contribution in [3.63, 3.8) is 0 Å². The monoisotopic (exact) mass is 450 g/mol. The molecule has 3 heterocycles. The molecule has 3 aromatic rings. The number of non-ortho nitro benzene ring substituents is 1. The highest BCUT2D eigenvalue weighted by Gasteiger charge is 2.27. The largest absolute Gasteiger partial charge is 0.335 e. The summed E-state index contributed by atoms with van der Waals surface area (Å²) in [5, 5.41) is 26.6. The first kappa shape index (κ1) is 20.2. The lowest BCUT2D eigenvalue weighted by Gasteiger charge is -2.34. The molecule has 0 spiro atoms. The highest BCUT2D eigenvalue weighted by Crippen LogP contribution is 2.38. The summed E-state index contributed by atoms with van der Waals surface area (Å²) >= 11 is 7.53. The van der Waals surface area contributed by atoms with Crippen molar-refractivity contribution in [3.05, 3.63) is 60.7 Å². The molecule has 1 aliphatic rings. The molecule has 0 radical (unpaired) electrons. The molecule has 30 heavy (non-hydrogen) atoms. The lowest BCUT2D eigenvalue weighted by molar-refractivity contribution is -0.385. The zero-order chi connectivity index (χ0) is 21.4. The van der Waals surface area contributed by atoms with Gasteiger partial charge in [-0.3, -0.25) is 34.6 Å². The number of carbonyl (C=O) groups excluding carboxylic acids is 1. The molecule has 4 rings (SSSR count). The molecule has 0 bridgehead atoms. The van der Waals surface area contributed by atoms with Gasteiger partial charge < -0.3 is 4.90 Å². The van der Waals surface area contributed by atoms with Crippen LogP contribution in [0.1, 0.15) is 9.67 Å². The van der Waals surface area contributed by atoms with Crippen LogP contribution in [0.4, 0.5) is 11.4 Å². The Morgan fingerprint density at radius 1 is 1.13 bits per heavy atom. The van der Waals surface area contributed by atoms with Crippen LogP contribution in [0, 0.1) is 20.2 Å². The Morgan fingerprint density at radius 3 is 2.47 bits per heavy atom. The molecule has 0 aliphatic carbocycles. The SMILES string of the molecule is O=C(c1sc2cc([N+](=O)[O-])ccc2c1Cl)N1CCN(Cn2cc([N+](=O)[O-])cn2)CC1. The lowest BCUT2D eigenvalue weighted by atomic mass is 10.2. The number of benzene rings is 1. The molecule has 0 saturated carbocycles. The minimum absolute atomic E-state index is 0.0492. The van der Waals surface area contributed by atoms with E-state index in [2.05, 4.69) is 5.10 Å².